The molecule has 5 aliphatic carbocycles. The highest BCUT2D eigenvalue weighted by atomic mass is 16.5. The second-order valence-corrected chi connectivity index (χ2v) is 16.6. The molecule has 4 heteroatoms. The fourth-order valence-electron chi connectivity index (χ4n) is 13.2. The molecule has 5 saturated carbocycles. The highest BCUT2D eigenvalue weighted by molar-refractivity contribution is 5.80. The zero-order valence-electron chi connectivity index (χ0n) is 25.7. The Bertz CT molecular complexity index is 1030. The van der Waals surface area contributed by atoms with Crippen molar-refractivity contribution in [1.82, 2.24) is 0 Å². The number of esters is 1. The Morgan fingerprint density at radius 3 is 2.18 bits per heavy atom. The van der Waals surface area contributed by atoms with Crippen LogP contribution in [-0.2, 0) is 19.1 Å². The molecular formula is C34H54O4. The summed E-state index contributed by atoms with van der Waals surface area (Å²) in [6.45, 7) is 21.7. The van der Waals surface area contributed by atoms with Crippen molar-refractivity contribution in [3.8, 4) is 0 Å². The number of hydrogen-bond donors (Lipinski definition) is 0. The number of hydrogen-bond acceptors (Lipinski definition) is 4. The van der Waals surface area contributed by atoms with Gasteiger partial charge in [0.2, 0.25) is 0 Å². The van der Waals surface area contributed by atoms with Crippen LogP contribution in [0.15, 0.2) is 0 Å². The first-order chi connectivity index (χ1) is 17.6. The molecule has 7 rings (SSSR count). The average molecular weight is 527 g/mol. The molecule has 7 aliphatic rings. The summed E-state index contributed by atoms with van der Waals surface area (Å²) in [6, 6.07) is 0. The lowest BCUT2D eigenvalue weighted by atomic mass is 9.30. The van der Waals surface area contributed by atoms with Crippen LogP contribution in [-0.4, -0.2) is 30.1 Å². The smallest absolute Gasteiger partial charge is 0.302 e. The van der Waals surface area contributed by atoms with E-state index in [4.69, 9.17) is 9.47 Å². The number of rotatable bonds is 2. The van der Waals surface area contributed by atoms with Gasteiger partial charge in [-0.25, -0.2) is 0 Å². The lowest BCUT2D eigenvalue weighted by Gasteiger charge is -2.76. The van der Waals surface area contributed by atoms with E-state index in [-0.39, 0.29) is 34.4 Å². The summed E-state index contributed by atoms with van der Waals surface area (Å²) in [4.78, 5) is 24.7. The Balaban J connectivity index is 1.35. The maximum absolute atomic E-state index is 12.8. The van der Waals surface area contributed by atoms with E-state index in [0.29, 0.717) is 45.7 Å². The summed E-state index contributed by atoms with van der Waals surface area (Å²) < 4.78 is 12.6. The topological polar surface area (TPSA) is 52.6 Å². The SMILES string of the molecule is CC(=O)O[C@H]1CC[C@]2(C)[C@H]3CC[C@@H]4[C@H]5[C@H](C)[C@@]6(C)OC[C@]5(CC[C@@]4(C)[C@]3(C)CC[C@H]2C1(C)C)C[C@@H]6C(C)=O. The highest BCUT2D eigenvalue weighted by Gasteiger charge is 2.73. The molecule has 0 aromatic carbocycles. The van der Waals surface area contributed by atoms with Crippen LogP contribution in [0.3, 0.4) is 0 Å². The number of ether oxygens (including phenoxy) is 2. The molecule has 12 atom stereocenters. The lowest BCUT2D eigenvalue weighted by molar-refractivity contribution is -0.319. The second kappa shape index (κ2) is 8.10. The van der Waals surface area contributed by atoms with Crippen LogP contribution >= 0.6 is 0 Å². The van der Waals surface area contributed by atoms with Crippen LogP contribution in [0.5, 0.6) is 0 Å². The third-order valence-electron chi connectivity index (χ3n) is 15.4. The molecule has 38 heavy (non-hydrogen) atoms. The van der Waals surface area contributed by atoms with Crippen LogP contribution in [0.2, 0.25) is 0 Å². The van der Waals surface area contributed by atoms with Gasteiger partial charge in [-0.2, -0.15) is 0 Å². The molecule has 0 aromatic heterocycles. The first kappa shape index (κ1) is 27.3. The molecule has 214 valence electrons. The van der Waals surface area contributed by atoms with E-state index >= 15 is 0 Å². The standard InChI is InChI=1S/C34H54O4/c1-20-28-23-10-11-26-30(6)14-13-27(38-22(3)36)29(4,5)25(30)12-15-32(26,8)31(23,7)16-17-34(28)18-24(21(2)35)33(20,9)37-19-34/h20,23-28H,10-19H2,1-9H3/t20-,23+,24+,25-,26+,27-,28+,30-,31+,32+,33+,34-/m0/s1. The van der Waals surface area contributed by atoms with E-state index in [2.05, 4.69) is 48.5 Å². The summed E-state index contributed by atoms with van der Waals surface area (Å²) in [5.74, 6) is 3.38. The monoisotopic (exact) mass is 526 g/mol. The molecule has 2 heterocycles. The number of ketones is 1. The van der Waals surface area contributed by atoms with Gasteiger partial charge in [-0.15, -0.1) is 0 Å². The van der Waals surface area contributed by atoms with E-state index in [1.54, 1.807) is 13.8 Å². The number of Topliss-reactive ketones (excluding diaryl/α,β-unsaturated/α-hetero) is 1. The van der Waals surface area contributed by atoms with Gasteiger partial charge in [0, 0.05) is 18.3 Å². The molecule has 1 spiro atoms. The van der Waals surface area contributed by atoms with Gasteiger partial charge >= 0.3 is 5.97 Å². The van der Waals surface area contributed by atoms with Crippen LogP contribution in [0.25, 0.3) is 0 Å². The molecule has 0 radical (unpaired) electrons. The number of fused-ring (bicyclic) bond motifs is 7. The normalized spacial score (nSPS) is 56.6. The summed E-state index contributed by atoms with van der Waals surface area (Å²) in [5, 5.41) is 0. The van der Waals surface area contributed by atoms with Crippen LogP contribution < -0.4 is 0 Å². The van der Waals surface area contributed by atoms with E-state index in [1.165, 1.54) is 44.9 Å². The van der Waals surface area contributed by atoms with E-state index < -0.39 is 0 Å². The van der Waals surface area contributed by atoms with Gasteiger partial charge in [-0.1, -0.05) is 41.5 Å². The quantitative estimate of drug-likeness (QED) is 0.347. The van der Waals surface area contributed by atoms with Gasteiger partial charge in [0.1, 0.15) is 11.9 Å². The van der Waals surface area contributed by atoms with Gasteiger partial charge in [0.05, 0.1) is 12.2 Å². The maximum atomic E-state index is 12.8. The van der Waals surface area contributed by atoms with Crippen molar-refractivity contribution in [2.45, 2.75) is 132 Å². The maximum Gasteiger partial charge on any atom is 0.302 e. The van der Waals surface area contributed by atoms with Gasteiger partial charge in [0.15, 0.2) is 0 Å². The minimum atomic E-state index is -0.309. The van der Waals surface area contributed by atoms with Crippen LogP contribution in [0.1, 0.15) is 120 Å². The zero-order valence-corrected chi connectivity index (χ0v) is 25.7. The Kier molecular flexibility index (Phi) is 5.81. The van der Waals surface area contributed by atoms with Crippen molar-refractivity contribution >= 4 is 11.8 Å². The van der Waals surface area contributed by atoms with E-state index in [1.807, 2.05) is 0 Å². The van der Waals surface area contributed by atoms with Crippen molar-refractivity contribution in [1.29, 1.82) is 0 Å². The first-order valence-electron chi connectivity index (χ1n) is 15.9. The Morgan fingerprint density at radius 2 is 1.53 bits per heavy atom. The van der Waals surface area contributed by atoms with Gasteiger partial charge in [-0.05, 0) is 123 Å². The Labute approximate surface area is 231 Å². The number of carbonyl (C=O) groups is 2. The molecule has 0 aromatic rings. The molecule has 4 nitrogen and oxygen atoms in total. The minimum absolute atomic E-state index is 0.0129. The predicted molar refractivity (Wildman–Crippen MR) is 149 cm³/mol. The highest BCUT2D eigenvalue weighted by Crippen LogP contribution is 2.78. The fourth-order valence-corrected chi connectivity index (χ4v) is 13.2. The van der Waals surface area contributed by atoms with E-state index in [0.717, 1.165) is 25.4 Å². The zero-order chi connectivity index (χ0) is 27.7. The Hall–Kier alpha value is -0.900. The number of carbonyl (C=O) groups excluding carboxylic acids is 2. The molecule has 0 unspecified atom stereocenters. The lowest BCUT2D eigenvalue weighted by Crippen LogP contribution is -2.73. The minimum Gasteiger partial charge on any atom is -0.462 e. The van der Waals surface area contributed by atoms with Crippen molar-refractivity contribution in [2.24, 2.45) is 62.6 Å². The Morgan fingerprint density at radius 1 is 0.816 bits per heavy atom. The molecule has 0 amide bonds. The summed E-state index contributed by atoms with van der Waals surface area (Å²) >= 11 is 0. The molecule has 0 N–H and O–H groups in total. The van der Waals surface area contributed by atoms with Gasteiger partial charge < -0.3 is 9.47 Å². The van der Waals surface area contributed by atoms with Crippen LogP contribution in [0.4, 0.5) is 0 Å². The molecule has 2 aliphatic heterocycles. The predicted octanol–water partition coefficient (Wildman–Crippen LogP) is 7.62. The third-order valence-corrected chi connectivity index (χ3v) is 15.4. The average Bonchev–Trinajstić information content (AvgIpc) is 2.82. The summed E-state index contributed by atoms with van der Waals surface area (Å²) in [6.07, 6.45) is 10.9. The van der Waals surface area contributed by atoms with Crippen LogP contribution in [0, 0.1) is 62.6 Å². The van der Waals surface area contributed by atoms with Crippen molar-refractivity contribution < 1.29 is 19.1 Å². The first-order valence-corrected chi connectivity index (χ1v) is 15.9. The second-order valence-electron chi connectivity index (χ2n) is 16.6. The molecule has 2 bridgehead atoms. The summed E-state index contributed by atoms with van der Waals surface area (Å²) in [7, 11) is 0. The van der Waals surface area contributed by atoms with E-state index in [9.17, 15) is 9.59 Å². The van der Waals surface area contributed by atoms with Gasteiger partial charge in [0.25, 0.3) is 0 Å². The molecule has 7 fully saturated rings. The molecule has 2 saturated heterocycles. The largest absolute Gasteiger partial charge is 0.462 e. The van der Waals surface area contributed by atoms with Crippen molar-refractivity contribution in [2.75, 3.05) is 6.61 Å². The summed E-state index contributed by atoms with van der Waals surface area (Å²) in [5.41, 5.74) is 0.834. The fraction of sp³-hybridized carbons (Fsp3) is 0.941. The van der Waals surface area contributed by atoms with Crippen molar-refractivity contribution in [3.63, 3.8) is 0 Å². The van der Waals surface area contributed by atoms with Crippen molar-refractivity contribution in [3.05, 3.63) is 0 Å². The molecular weight excluding hydrogens is 472 g/mol. The van der Waals surface area contributed by atoms with Gasteiger partial charge in [-0.3, -0.25) is 9.59 Å². The third kappa shape index (κ3) is 3.14.